The van der Waals surface area contributed by atoms with Crippen molar-refractivity contribution in [1.29, 1.82) is 5.26 Å². The summed E-state index contributed by atoms with van der Waals surface area (Å²) in [5.41, 5.74) is -0.421. The predicted octanol–water partition coefficient (Wildman–Crippen LogP) is 2.36. The van der Waals surface area contributed by atoms with Gasteiger partial charge >= 0.3 is 5.97 Å². The summed E-state index contributed by atoms with van der Waals surface area (Å²) in [6.07, 6.45) is 0.466. The third kappa shape index (κ3) is 7.93. The number of rotatable bonds is 4. The van der Waals surface area contributed by atoms with E-state index in [1.54, 1.807) is 0 Å². The van der Waals surface area contributed by atoms with Crippen LogP contribution in [0.15, 0.2) is 0 Å². The lowest BCUT2D eigenvalue weighted by Gasteiger charge is -2.19. The molecule has 1 unspecified atom stereocenters. The highest BCUT2D eigenvalue weighted by molar-refractivity contribution is 8.00. The monoisotopic (exact) mass is 215 g/mol. The van der Waals surface area contributed by atoms with Crippen LogP contribution in [-0.4, -0.2) is 22.6 Å². The van der Waals surface area contributed by atoms with Gasteiger partial charge in [-0.2, -0.15) is 5.26 Å². The van der Waals surface area contributed by atoms with E-state index in [-0.39, 0.29) is 11.2 Å². The number of ether oxygens (including phenoxy) is 1. The molecule has 14 heavy (non-hydrogen) atoms. The lowest BCUT2D eigenvalue weighted by Crippen LogP contribution is -2.25. The molecule has 3 nitrogen and oxygen atoms in total. The number of nitriles is 1. The molecule has 0 aromatic heterocycles. The largest absolute Gasteiger partial charge is 0.459 e. The molecule has 0 saturated carbocycles. The maximum absolute atomic E-state index is 11.2. The van der Waals surface area contributed by atoms with Gasteiger partial charge in [0.15, 0.2) is 0 Å². The molecule has 80 valence electrons. The topological polar surface area (TPSA) is 50.1 Å². The molecule has 0 spiro atoms. The third-order valence-corrected chi connectivity index (χ3v) is 2.42. The Morgan fingerprint density at radius 3 is 2.57 bits per heavy atom. The normalized spacial score (nSPS) is 13.1. The molecule has 0 rings (SSSR count). The second kappa shape index (κ2) is 5.92. The van der Waals surface area contributed by atoms with Crippen LogP contribution in [0.2, 0.25) is 0 Å². The molecule has 0 radical (unpaired) electrons. The van der Waals surface area contributed by atoms with Crippen molar-refractivity contribution in [2.24, 2.45) is 0 Å². The van der Waals surface area contributed by atoms with Crippen LogP contribution in [0.1, 0.15) is 34.1 Å². The SMILES string of the molecule is CC(CC#N)SCC(=O)OC(C)(C)C. The summed E-state index contributed by atoms with van der Waals surface area (Å²) in [6, 6.07) is 2.07. The fourth-order valence-electron chi connectivity index (χ4n) is 0.769. The van der Waals surface area contributed by atoms with Gasteiger partial charge < -0.3 is 4.74 Å². The van der Waals surface area contributed by atoms with Crippen LogP contribution in [0.25, 0.3) is 0 Å². The van der Waals surface area contributed by atoms with Crippen LogP contribution < -0.4 is 0 Å². The molecule has 0 saturated heterocycles. The molecule has 0 bridgehead atoms. The van der Waals surface area contributed by atoms with Crippen LogP contribution in [0.4, 0.5) is 0 Å². The Hall–Kier alpha value is -0.690. The molecular weight excluding hydrogens is 198 g/mol. The molecule has 1 atom stereocenters. The molecule has 0 N–H and O–H groups in total. The first kappa shape index (κ1) is 13.3. The number of thioether (sulfide) groups is 1. The average molecular weight is 215 g/mol. The van der Waals surface area contributed by atoms with Gasteiger partial charge in [0, 0.05) is 11.7 Å². The third-order valence-electron chi connectivity index (χ3n) is 1.28. The van der Waals surface area contributed by atoms with Crippen molar-refractivity contribution in [3.63, 3.8) is 0 Å². The summed E-state index contributed by atoms with van der Waals surface area (Å²) in [5.74, 6) is 0.104. The van der Waals surface area contributed by atoms with Gasteiger partial charge in [-0.15, -0.1) is 11.8 Å². The van der Waals surface area contributed by atoms with Crippen LogP contribution >= 0.6 is 11.8 Å². The number of carbonyl (C=O) groups excluding carboxylic acids is 1. The van der Waals surface area contributed by atoms with Crippen molar-refractivity contribution < 1.29 is 9.53 Å². The van der Waals surface area contributed by atoms with Crippen LogP contribution in [-0.2, 0) is 9.53 Å². The molecule has 0 amide bonds. The zero-order valence-electron chi connectivity index (χ0n) is 9.16. The lowest BCUT2D eigenvalue weighted by molar-refractivity contribution is -0.151. The minimum absolute atomic E-state index is 0.188. The quantitative estimate of drug-likeness (QED) is 0.675. The Labute approximate surface area is 89.8 Å². The van der Waals surface area contributed by atoms with E-state index in [1.807, 2.05) is 27.7 Å². The fraction of sp³-hybridized carbons (Fsp3) is 0.800. The number of nitrogens with zero attached hydrogens (tertiary/aromatic N) is 1. The Bertz CT molecular complexity index is 227. The fourth-order valence-corrected chi connectivity index (χ4v) is 1.44. The summed E-state index contributed by atoms with van der Waals surface area (Å²) in [6.45, 7) is 7.45. The second-order valence-electron chi connectivity index (χ2n) is 4.07. The summed E-state index contributed by atoms with van der Waals surface area (Å²) >= 11 is 1.45. The average Bonchev–Trinajstić information content (AvgIpc) is 1.98. The molecular formula is C10H17NO2S. The van der Waals surface area contributed by atoms with Crippen molar-refractivity contribution in [2.45, 2.75) is 45.0 Å². The van der Waals surface area contributed by atoms with E-state index in [0.717, 1.165) is 0 Å². The Kier molecular flexibility index (Phi) is 5.63. The number of hydrogen-bond donors (Lipinski definition) is 0. The van der Waals surface area contributed by atoms with Gasteiger partial charge in [0.25, 0.3) is 0 Å². The van der Waals surface area contributed by atoms with E-state index in [0.29, 0.717) is 12.2 Å². The Morgan fingerprint density at radius 1 is 1.57 bits per heavy atom. The van der Waals surface area contributed by atoms with Crippen molar-refractivity contribution in [3.05, 3.63) is 0 Å². The highest BCUT2D eigenvalue weighted by Crippen LogP contribution is 2.15. The first-order chi connectivity index (χ1) is 6.35. The summed E-state index contributed by atoms with van der Waals surface area (Å²) < 4.78 is 5.12. The van der Waals surface area contributed by atoms with Crippen molar-refractivity contribution in [1.82, 2.24) is 0 Å². The Morgan fingerprint density at radius 2 is 2.14 bits per heavy atom. The second-order valence-corrected chi connectivity index (χ2v) is 5.50. The summed E-state index contributed by atoms with van der Waals surface area (Å²) in [7, 11) is 0. The van der Waals surface area contributed by atoms with E-state index in [1.165, 1.54) is 11.8 Å². The van der Waals surface area contributed by atoms with Crippen molar-refractivity contribution in [3.8, 4) is 6.07 Å². The molecule has 0 heterocycles. The maximum atomic E-state index is 11.2. The zero-order chi connectivity index (χ0) is 11.2. The minimum Gasteiger partial charge on any atom is -0.459 e. The van der Waals surface area contributed by atoms with Gasteiger partial charge in [0.1, 0.15) is 5.60 Å². The summed E-state index contributed by atoms with van der Waals surface area (Å²) in [5, 5.41) is 8.60. The van der Waals surface area contributed by atoms with Gasteiger partial charge in [0.2, 0.25) is 0 Å². The minimum atomic E-state index is -0.421. The maximum Gasteiger partial charge on any atom is 0.316 e. The molecule has 0 aliphatic carbocycles. The van der Waals surface area contributed by atoms with Gasteiger partial charge in [-0.1, -0.05) is 6.92 Å². The number of hydrogen-bond acceptors (Lipinski definition) is 4. The van der Waals surface area contributed by atoms with E-state index >= 15 is 0 Å². The van der Waals surface area contributed by atoms with Crippen molar-refractivity contribution in [2.75, 3.05) is 5.75 Å². The molecule has 0 aliphatic rings. The van der Waals surface area contributed by atoms with Crippen LogP contribution in [0.3, 0.4) is 0 Å². The number of esters is 1. The highest BCUT2D eigenvalue weighted by Gasteiger charge is 2.16. The van der Waals surface area contributed by atoms with Gasteiger partial charge in [0.05, 0.1) is 11.8 Å². The molecule has 0 aromatic carbocycles. The van der Waals surface area contributed by atoms with Crippen LogP contribution in [0, 0.1) is 11.3 Å². The smallest absolute Gasteiger partial charge is 0.316 e. The molecule has 0 aromatic rings. The van der Waals surface area contributed by atoms with Gasteiger partial charge in [-0.3, -0.25) is 4.79 Å². The zero-order valence-corrected chi connectivity index (χ0v) is 9.98. The van der Waals surface area contributed by atoms with Crippen molar-refractivity contribution >= 4 is 17.7 Å². The summed E-state index contributed by atoms with van der Waals surface area (Å²) in [4.78, 5) is 11.2. The van der Waals surface area contributed by atoms with E-state index in [4.69, 9.17) is 10.00 Å². The van der Waals surface area contributed by atoms with Crippen LogP contribution in [0.5, 0.6) is 0 Å². The van der Waals surface area contributed by atoms with Gasteiger partial charge in [-0.25, -0.2) is 0 Å². The van der Waals surface area contributed by atoms with E-state index < -0.39 is 5.60 Å². The molecule has 0 fully saturated rings. The first-order valence-electron chi connectivity index (χ1n) is 4.55. The van der Waals surface area contributed by atoms with E-state index in [2.05, 4.69) is 6.07 Å². The Balaban J connectivity index is 3.71. The predicted molar refractivity (Wildman–Crippen MR) is 58.0 cm³/mol. The standard InChI is InChI=1S/C10H17NO2S/c1-8(5-6-11)14-7-9(12)13-10(2,3)4/h8H,5,7H2,1-4H3. The molecule has 0 aliphatic heterocycles. The molecule has 4 heteroatoms. The highest BCUT2D eigenvalue weighted by atomic mass is 32.2. The van der Waals surface area contributed by atoms with Gasteiger partial charge in [-0.05, 0) is 20.8 Å². The van der Waals surface area contributed by atoms with E-state index in [9.17, 15) is 4.79 Å². The number of carbonyl (C=O) groups is 1. The lowest BCUT2D eigenvalue weighted by atomic mass is 10.2. The first-order valence-corrected chi connectivity index (χ1v) is 5.60.